The molecule has 0 amide bonds. The molecule has 0 atom stereocenters. The molecular formula is C13H14OS2. The molecule has 0 spiro atoms. The fourth-order valence-electron chi connectivity index (χ4n) is 1.74. The third-order valence-corrected chi connectivity index (χ3v) is 4.14. The first-order valence-electron chi connectivity index (χ1n) is 4.99. The summed E-state index contributed by atoms with van der Waals surface area (Å²) in [5.74, 6) is 0.898. The first-order valence-corrected chi connectivity index (χ1v) is 7.44. The van der Waals surface area contributed by atoms with Crippen molar-refractivity contribution in [2.45, 2.75) is 9.79 Å². The average molecular weight is 250 g/mol. The Morgan fingerprint density at radius 2 is 1.38 bits per heavy atom. The molecule has 0 radical (unpaired) electrons. The van der Waals surface area contributed by atoms with Gasteiger partial charge in [0, 0.05) is 9.79 Å². The van der Waals surface area contributed by atoms with Crippen molar-refractivity contribution in [2.24, 2.45) is 0 Å². The second-order valence-corrected chi connectivity index (χ2v) is 5.08. The topological polar surface area (TPSA) is 9.23 Å². The minimum atomic E-state index is 0.898. The van der Waals surface area contributed by atoms with Crippen molar-refractivity contribution < 1.29 is 4.74 Å². The van der Waals surface area contributed by atoms with Gasteiger partial charge in [0.25, 0.3) is 0 Å². The Morgan fingerprint density at radius 3 is 1.75 bits per heavy atom. The zero-order valence-corrected chi connectivity index (χ0v) is 11.2. The highest BCUT2D eigenvalue weighted by molar-refractivity contribution is 7.99. The highest BCUT2D eigenvalue weighted by Gasteiger charge is 2.13. The van der Waals surface area contributed by atoms with Crippen molar-refractivity contribution in [1.82, 2.24) is 0 Å². The maximum Gasteiger partial charge on any atom is 0.118 e. The van der Waals surface area contributed by atoms with Gasteiger partial charge in [-0.3, -0.25) is 0 Å². The smallest absolute Gasteiger partial charge is 0.118 e. The summed E-state index contributed by atoms with van der Waals surface area (Å²) in [7, 11) is 1.70. The Morgan fingerprint density at radius 1 is 0.875 bits per heavy atom. The molecule has 0 heterocycles. The van der Waals surface area contributed by atoms with Crippen LogP contribution in [0.2, 0.25) is 0 Å². The van der Waals surface area contributed by atoms with Gasteiger partial charge in [-0.15, -0.1) is 23.5 Å². The van der Waals surface area contributed by atoms with Gasteiger partial charge in [-0.2, -0.15) is 0 Å². The molecule has 0 N–H and O–H groups in total. The standard InChI is InChI=1S/C13H14OS2/c1-14-9-4-6-10-11(7-5-9)13(16-3)8-12(10)15-2/h4-8H,1-3H3. The maximum atomic E-state index is 5.25. The van der Waals surface area contributed by atoms with Crippen LogP contribution in [-0.2, 0) is 0 Å². The van der Waals surface area contributed by atoms with E-state index in [-0.39, 0.29) is 0 Å². The van der Waals surface area contributed by atoms with Gasteiger partial charge < -0.3 is 4.74 Å². The number of thioether (sulfide) groups is 2. The Kier molecular flexibility index (Phi) is 3.66. The van der Waals surface area contributed by atoms with Crippen LogP contribution in [-0.4, -0.2) is 19.6 Å². The fourth-order valence-corrected chi connectivity index (χ4v) is 3.09. The zero-order valence-electron chi connectivity index (χ0n) is 9.61. The fraction of sp³-hybridized carbons (Fsp3) is 0.231. The summed E-state index contributed by atoms with van der Waals surface area (Å²) >= 11 is 3.58. The molecule has 0 fully saturated rings. The van der Waals surface area contributed by atoms with E-state index in [2.05, 4.69) is 30.7 Å². The molecule has 2 aliphatic rings. The van der Waals surface area contributed by atoms with E-state index in [1.807, 2.05) is 12.1 Å². The normalized spacial score (nSPS) is 10.7. The lowest BCUT2D eigenvalue weighted by atomic mass is 10.2. The molecule has 16 heavy (non-hydrogen) atoms. The van der Waals surface area contributed by atoms with E-state index in [9.17, 15) is 0 Å². The molecule has 0 aromatic heterocycles. The molecule has 2 aliphatic carbocycles. The lowest BCUT2D eigenvalue weighted by molar-refractivity contribution is 0.415. The first-order chi connectivity index (χ1) is 7.80. The number of fused-ring (bicyclic) bond motifs is 1. The van der Waals surface area contributed by atoms with E-state index in [0.29, 0.717) is 0 Å². The van der Waals surface area contributed by atoms with E-state index in [4.69, 9.17) is 4.74 Å². The van der Waals surface area contributed by atoms with Crippen LogP contribution < -0.4 is 4.74 Å². The number of hydrogen-bond acceptors (Lipinski definition) is 3. The maximum absolute atomic E-state index is 5.25. The van der Waals surface area contributed by atoms with Crippen LogP contribution in [0.25, 0.3) is 11.1 Å². The van der Waals surface area contributed by atoms with Crippen molar-refractivity contribution in [3.05, 3.63) is 30.3 Å². The molecular weight excluding hydrogens is 236 g/mol. The second kappa shape index (κ2) is 5.02. The van der Waals surface area contributed by atoms with E-state index in [0.717, 1.165) is 5.75 Å². The monoisotopic (exact) mass is 250 g/mol. The van der Waals surface area contributed by atoms with Crippen LogP contribution in [0.5, 0.6) is 5.75 Å². The summed E-state index contributed by atoms with van der Waals surface area (Å²) in [6.45, 7) is 0. The molecule has 0 unspecified atom stereocenters. The number of hydrogen-bond donors (Lipinski definition) is 0. The molecule has 1 nitrogen and oxygen atoms in total. The Bertz CT molecular complexity index is 429. The van der Waals surface area contributed by atoms with Gasteiger partial charge in [-0.1, -0.05) is 0 Å². The number of methoxy groups -OCH3 is 1. The zero-order chi connectivity index (χ0) is 11.5. The summed E-state index contributed by atoms with van der Waals surface area (Å²) in [5.41, 5.74) is 2.61. The molecule has 0 saturated carbocycles. The van der Waals surface area contributed by atoms with Gasteiger partial charge in [0.1, 0.15) is 5.75 Å². The van der Waals surface area contributed by atoms with Gasteiger partial charge >= 0.3 is 0 Å². The van der Waals surface area contributed by atoms with Crippen molar-refractivity contribution >= 4 is 23.5 Å². The predicted molar refractivity (Wildman–Crippen MR) is 73.2 cm³/mol. The largest absolute Gasteiger partial charge is 0.497 e. The van der Waals surface area contributed by atoms with Gasteiger partial charge in [0.2, 0.25) is 0 Å². The van der Waals surface area contributed by atoms with Crippen LogP contribution in [0.3, 0.4) is 0 Å². The molecule has 2 rings (SSSR count). The van der Waals surface area contributed by atoms with Crippen molar-refractivity contribution in [1.29, 1.82) is 0 Å². The Hall–Kier alpha value is -0.800. The summed E-state index contributed by atoms with van der Waals surface area (Å²) in [4.78, 5) is 2.66. The van der Waals surface area contributed by atoms with E-state index >= 15 is 0 Å². The summed E-state index contributed by atoms with van der Waals surface area (Å²) in [5, 5.41) is 0. The van der Waals surface area contributed by atoms with Crippen LogP contribution in [0.15, 0.2) is 40.1 Å². The molecule has 0 bridgehead atoms. The lowest BCUT2D eigenvalue weighted by Crippen LogP contribution is -1.76. The SMILES string of the molecule is COc1ccc2c(SC)cc(SC)c-2cc1. The van der Waals surface area contributed by atoms with E-state index in [1.165, 1.54) is 20.9 Å². The molecule has 0 aliphatic heterocycles. The highest BCUT2D eigenvalue weighted by atomic mass is 32.2. The van der Waals surface area contributed by atoms with Crippen LogP contribution in [0.4, 0.5) is 0 Å². The van der Waals surface area contributed by atoms with Crippen molar-refractivity contribution in [3.8, 4) is 16.9 Å². The van der Waals surface area contributed by atoms with Crippen LogP contribution in [0.1, 0.15) is 0 Å². The highest BCUT2D eigenvalue weighted by Crippen LogP contribution is 2.41. The van der Waals surface area contributed by atoms with Crippen molar-refractivity contribution in [3.63, 3.8) is 0 Å². The van der Waals surface area contributed by atoms with E-state index in [1.54, 1.807) is 30.6 Å². The molecule has 0 aromatic carbocycles. The van der Waals surface area contributed by atoms with Gasteiger partial charge in [-0.25, -0.2) is 0 Å². The number of rotatable bonds is 3. The van der Waals surface area contributed by atoms with Gasteiger partial charge in [0.15, 0.2) is 0 Å². The van der Waals surface area contributed by atoms with Crippen LogP contribution in [0, 0.1) is 0 Å². The molecule has 0 aromatic rings. The third kappa shape index (κ3) is 2.02. The van der Waals surface area contributed by atoms with E-state index < -0.39 is 0 Å². The average Bonchev–Trinajstić information content (AvgIpc) is 2.52. The summed E-state index contributed by atoms with van der Waals surface area (Å²) in [6.07, 6.45) is 4.23. The van der Waals surface area contributed by atoms with Gasteiger partial charge in [-0.05, 0) is 54.0 Å². The Labute approximate surface area is 105 Å². The Balaban J connectivity index is 2.63. The first kappa shape index (κ1) is 11.7. The molecule has 84 valence electrons. The van der Waals surface area contributed by atoms with Gasteiger partial charge in [0.05, 0.1) is 7.11 Å². The van der Waals surface area contributed by atoms with Crippen LogP contribution >= 0.6 is 23.5 Å². The minimum Gasteiger partial charge on any atom is -0.497 e. The quantitative estimate of drug-likeness (QED) is 0.754. The molecule has 3 heteroatoms. The minimum absolute atomic E-state index is 0.898. The molecule has 0 saturated heterocycles. The summed E-state index contributed by atoms with van der Waals surface area (Å²) < 4.78 is 5.25. The predicted octanol–water partition coefficient (Wildman–Crippen LogP) is 4.24. The third-order valence-electron chi connectivity index (χ3n) is 2.59. The van der Waals surface area contributed by atoms with Crippen molar-refractivity contribution in [2.75, 3.05) is 19.6 Å². The summed E-state index contributed by atoms with van der Waals surface area (Å²) in [6, 6.07) is 10.6. The lowest BCUT2D eigenvalue weighted by Gasteiger charge is -1.97. The number of ether oxygens (including phenoxy) is 1. The second-order valence-electron chi connectivity index (χ2n) is 3.38.